The van der Waals surface area contributed by atoms with Crippen LogP contribution < -0.4 is 0 Å². The van der Waals surface area contributed by atoms with Crippen LogP contribution in [0.25, 0.3) is 22.3 Å². The van der Waals surface area contributed by atoms with Crippen molar-refractivity contribution in [1.82, 2.24) is 0 Å². The van der Waals surface area contributed by atoms with Gasteiger partial charge in [-0.15, -0.1) is 0 Å². The predicted molar refractivity (Wildman–Crippen MR) is 105 cm³/mol. The van der Waals surface area contributed by atoms with E-state index >= 15 is 0 Å². The van der Waals surface area contributed by atoms with Gasteiger partial charge >= 0.3 is 0 Å². The van der Waals surface area contributed by atoms with Crippen LogP contribution in [0.3, 0.4) is 0 Å². The summed E-state index contributed by atoms with van der Waals surface area (Å²) >= 11 is 0. The van der Waals surface area contributed by atoms with Crippen LogP contribution in [0.15, 0.2) is 66.8 Å². The third-order valence-electron chi connectivity index (χ3n) is 4.71. The van der Waals surface area contributed by atoms with Gasteiger partial charge in [0.25, 0.3) is 6.08 Å². The zero-order valence-corrected chi connectivity index (χ0v) is 15.8. The second-order valence-electron chi connectivity index (χ2n) is 6.76. The van der Waals surface area contributed by atoms with Crippen molar-refractivity contribution in [2.75, 3.05) is 0 Å². The van der Waals surface area contributed by atoms with Crippen LogP contribution in [-0.2, 0) is 12.8 Å². The molecule has 0 N–H and O–H groups in total. The van der Waals surface area contributed by atoms with E-state index in [1.54, 1.807) is 6.07 Å². The van der Waals surface area contributed by atoms with Crippen molar-refractivity contribution in [3.05, 3.63) is 95.3 Å². The first-order valence-corrected chi connectivity index (χ1v) is 9.27. The quantitative estimate of drug-likeness (QED) is 0.370. The van der Waals surface area contributed by atoms with Crippen molar-refractivity contribution in [1.29, 1.82) is 0 Å². The summed E-state index contributed by atoms with van der Waals surface area (Å²) in [6, 6.07) is 14.2. The molecule has 0 atom stereocenters. The van der Waals surface area contributed by atoms with Crippen molar-refractivity contribution in [3.63, 3.8) is 0 Å². The normalized spacial score (nSPS) is 10.8. The van der Waals surface area contributed by atoms with Gasteiger partial charge in [0.15, 0.2) is 0 Å². The van der Waals surface area contributed by atoms with E-state index in [0.29, 0.717) is 11.6 Å². The largest absolute Gasteiger partial charge is 0.266 e. The summed E-state index contributed by atoms with van der Waals surface area (Å²) in [6.07, 6.45) is -0.155. The van der Waals surface area contributed by atoms with Gasteiger partial charge in [-0.3, -0.25) is 0 Å². The van der Waals surface area contributed by atoms with Gasteiger partial charge in [-0.1, -0.05) is 49.7 Å². The summed E-state index contributed by atoms with van der Waals surface area (Å²) < 4.78 is 67.4. The van der Waals surface area contributed by atoms with Crippen LogP contribution in [0.4, 0.5) is 22.0 Å². The highest BCUT2D eigenvalue weighted by Gasteiger charge is 2.15. The average molecular weight is 402 g/mol. The standard InChI is InChI=1S/C24H19F5/c1-2-3-15-4-6-16(7-5-15)17-8-9-19(21(25)12-17)18-13-22(26)20(23(27)14-18)10-11-24(28)29/h4-9,11-14H,2-3,10H2,1H3. The highest BCUT2D eigenvalue weighted by molar-refractivity contribution is 5.71. The molecule has 0 aliphatic rings. The lowest BCUT2D eigenvalue weighted by Gasteiger charge is -2.10. The molecule has 0 saturated carbocycles. The summed E-state index contributed by atoms with van der Waals surface area (Å²) in [5, 5.41) is 0. The second-order valence-corrected chi connectivity index (χ2v) is 6.76. The van der Waals surface area contributed by atoms with Crippen molar-refractivity contribution in [3.8, 4) is 22.3 Å². The Hall–Kier alpha value is -2.95. The van der Waals surface area contributed by atoms with Crippen LogP contribution in [0.5, 0.6) is 0 Å². The number of halogens is 5. The second kappa shape index (κ2) is 9.03. The first kappa shape index (κ1) is 20.8. The highest BCUT2D eigenvalue weighted by Crippen LogP contribution is 2.30. The van der Waals surface area contributed by atoms with E-state index in [1.165, 1.54) is 17.7 Å². The number of allylic oxidation sites excluding steroid dienone is 1. The fourth-order valence-corrected chi connectivity index (χ4v) is 3.21. The van der Waals surface area contributed by atoms with Gasteiger partial charge in [-0.05, 0) is 52.9 Å². The predicted octanol–water partition coefficient (Wildman–Crippen LogP) is 7.71. The summed E-state index contributed by atoms with van der Waals surface area (Å²) in [6.45, 7) is 2.09. The van der Waals surface area contributed by atoms with E-state index in [1.807, 2.05) is 24.3 Å². The number of benzene rings is 3. The molecule has 0 heterocycles. The first-order valence-electron chi connectivity index (χ1n) is 9.27. The number of hydrogen-bond donors (Lipinski definition) is 0. The van der Waals surface area contributed by atoms with Crippen LogP contribution in [0.2, 0.25) is 0 Å². The lowest BCUT2D eigenvalue weighted by Crippen LogP contribution is -1.97. The summed E-state index contributed by atoms with van der Waals surface area (Å²) in [5.41, 5.74) is 2.25. The monoisotopic (exact) mass is 402 g/mol. The maximum Gasteiger partial charge on any atom is 0.266 e. The van der Waals surface area contributed by atoms with Gasteiger partial charge in [0.05, 0.1) is 0 Å². The molecule has 29 heavy (non-hydrogen) atoms. The summed E-state index contributed by atoms with van der Waals surface area (Å²) in [5.74, 6) is -2.61. The molecule has 150 valence electrons. The average Bonchev–Trinajstić information content (AvgIpc) is 2.67. The molecule has 5 heteroatoms. The summed E-state index contributed by atoms with van der Waals surface area (Å²) in [7, 11) is 0. The molecule has 0 radical (unpaired) electrons. The van der Waals surface area contributed by atoms with Gasteiger partial charge in [-0.25, -0.2) is 13.2 Å². The van der Waals surface area contributed by atoms with Crippen LogP contribution >= 0.6 is 0 Å². The van der Waals surface area contributed by atoms with Gasteiger partial charge < -0.3 is 0 Å². The zero-order chi connectivity index (χ0) is 21.0. The van der Waals surface area contributed by atoms with Gasteiger partial charge in [0.1, 0.15) is 17.5 Å². The fraction of sp³-hybridized carbons (Fsp3) is 0.167. The Morgan fingerprint density at radius 3 is 1.90 bits per heavy atom. The minimum absolute atomic E-state index is 0.00999. The molecule has 0 aromatic heterocycles. The van der Waals surface area contributed by atoms with E-state index in [-0.39, 0.29) is 11.1 Å². The SMILES string of the molecule is CCCc1ccc(-c2ccc(-c3cc(F)c(CC=C(F)F)c(F)c3)c(F)c2)cc1. The molecule has 0 nitrogen and oxygen atoms in total. The Balaban J connectivity index is 1.91. The van der Waals surface area contributed by atoms with Gasteiger partial charge in [0.2, 0.25) is 0 Å². The minimum Gasteiger partial charge on any atom is -0.207 e. The molecular formula is C24H19F5. The van der Waals surface area contributed by atoms with E-state index < -0.39 is 35.5 Å². The Bertz CT molecular complexity index is 1010. The minimum atomic E-state index is -2.02. The third-order valence-corrected chi connectivity index (χ3v) is 4.71. The number of rotatable bonds is 6. The molecule has 0 unspecified atom stereocenters. The first-order chi connectivity index (χ1) is 13.9. The molecular weight excluding hydrogens is 383 g/mol. The van der Waals surface area contributed by atoms with Crippen LogP contribution in [0, 0.1) is 17.5 Å². The molecule has 0 spiro atoms. The third kappa shape index (κ3) is 4.91. The molecule has 3 rings (SSSR count). The number of hydrogen-bond acceptors (Lipinski definition) is 0. The fourth-order valence-electron chi connectivity index (χ4n) is 3.21. The topological polar surface area (TPSA) is 0 Å². The smallest absolute Gasteiger partial charge is 0.207 e. The van der Waals surface area contributed by atoms with E-state index in [0.717, 1.165) is 30.5 Å². The molecule has 3 aromatic carbocycles. The van der Waals surface area contributed by atoms with E-state index in [4.69, 9.17) is 0 Å². The highest BCUT2D eigenvalue weighted by atomic mass is 19.3. The van der Waals surface area contributed by atoms with Gasteiger partial charge in [0, 0.05) is 17.5 Å². The Morgan fingerprint density at radius 1 is 0.759 bits per heavy atom. The molecule has 3 aromatic rings. The van der Waals surface area contributed by atoms with Crippen molar-refractivity contribution >= 4 is 0 Å². The van der Waals surface area contributed by atoms with Crippen molar-refractivity contribution < 1.29 is 22.0 Å². The zero-order valence-electron chi connectivity index (χ0n) is 15.8. The molecule has 0 saturated heterocycles. The summed E-state index contributed by atoms with van der Waals surface area (Å²) in [4.78, 5) is 0. The molecule has 0 fully saturated rings. The molecule has 0 aliphatic carbocycles. The van der Waals surface area contributed by atoms with Crippen LogP contribution in [0.1, 0.15) is 24.5 Å². The Morgan fingerprint density at radius 2 is 1.34 bits per heavy atom. The van der Waals surface area contributed by atoms with Gasteiger partial charge in [-0.2, -0.15) is 8.78 Å². The molecule has 0 aliphatic heterocycles. The van der Waals surface area contributed by atoms with Crippen molar-refractivity contribution in [2.24, 2.45) is 0 Å². The molecule has 0 bridgehead atoms. The van der Waals surface area contributed by atoms with Crippen molar-refractivity contribution in [2.45, 2.75) is 26.2 Å². The maximum absolute atomic E-state index is 14.7. The maximum atomic E-state index is 14.7. The van der Waals surface area contributed by atoms with Crippen LogP contribution in [-0.4, -0.2) is 0 Å². The lowest BCUT2D eigenvalue weighted by atomic mass is 9.97. The number of aryl methyl sites for hydroxylation is 1. The molecule has 0 amide bonds. The Kier molecular flexibility index (Phi) is 6.47. The Labute approximate surface area is 166 Å². The van der Waals surface area contributed by atoms with E-state index in [9.17, 15) is 22.0 Å². The van der Waals surface area contributed by atoms with E-state index in [2.05, 4.69) is 6.92 Å². The lowest BCUT2D eigenvalue weighted by molar-refractivity contribution is 0.418.